The lowest BCUT2D eigenvalue weighted by molar-refractivity contribution is -0.384. The van der Waals surface area contributed by atoms with Crippen molar-refractivity contribution < 1.29 is 19.2 Å². The third-order valence-corrected chi connectivity index (χ3v) is 3.70. The maximum Gasteiger partial charge on any atom is 0.338 e. The number of carbonyl (C=O) groups excluding carboxylic acids is 2. The van der Waals surface area contributed by atoms with Crippen molar-refractivity contribution in [1.29, 1.82) is 0 Å². The molecule has 0 heterocycles. The van der Waals surface area contributed by atoms with Gasteiger partial charge in [0, 0.05) is 17.2 Å². The number of esters is 1. The molecule has 0 fully saturated rings. The number of nitrogens with zero attached hydrogens (tertiary/aromatic N) is 1. The first-order valence-corrected chi connectivity index (χ1v) is 7.75. The molecule has 0 aliphatic heterocycles. The summed E-state index contributed by atoms with van der Waals surface area (Å²) in [4.78, 5) is 34.1. The highest BCUT2D eigenvalue weighted by Gasteiger charge is 2.20. The zero-order valence-corrected chi connectivity index (χ0v) is 14.4. The van der Waals surface area contributed by atoms with Crippen molar-refractivity contribution >= 4 is 46.5 Å². The Kier molecular flexibility index (Phi) is 5.95. The van der Waals surface area contributed by atoms with E-state index in [-0.39, 0.29) is 16.3 Å². The summed E-state index contributed by atoms with van der Waals surface area (Å²) in [6.07, 6.45) is -1.10. The molecule has 0 unspecified atom stereocenters. The molecule has 0 aromatic heterocycles. The number of nitro groups is 1. The fourth-order valence-corrected chi connectivity index (χ4v) is 2.28. The Morgan fingerprint density at radius 2 is 1.80 bits per heavy atom. The molecule has 0 radical (unpaired) electrons. The van der Waals surface area contributed by atoms with Crippen LogP contribution < -0.4 is 5.32 Å². The van der Waals surface area contributed by atoms with Crippen LogP contribution >= 0.6 is 23.2 Å². The van der Waals surface area contributed by atoms with Crippen molar-refractivity contribution in [2.75, 3.05) is 5.32 Å². The Morgan fingerprint density at radius 1 is 1.16 bits per heavy atom. The molecule has 9 heteroatoms. The van der Waals surface area contributed by atoms with Crippen molar-refractivity contribution in [3.05, 3.63) is 68.2 Å². The number of anilines is 1. The van der Waals surface area contributed by atoms with Gasteiger partial charge in [-0.05, 0) is 37.3 Å². The van der Waals surface area contributed by atoms with Gasteiger partial charge in [0.05, 0.1) is 21.2 Å². The van der Waals surface area contributed by atoms with Gasteiger partial charge in [0.25, 0.3) is 11.6 Å². The number of nitrogens with one attached hydrogen (secondary N) is 1. The lowest BCUT2D eigenvalue weighted by Crippen LogP contribution is -2.30. The number of non-ortho nitro benzene ring substituents is 1. The van der Waals surface area contributed by atoms with Crippen LogP contribution in [-0.4, -0.2) is 22.9 Å². The van der Waals surface area contributed by atoms with E-state index in [2.05, 4.69) is 5.32 Å². The second kappa shape index (κ2) is 7.96. The van der Waals surface area contributed by atoms with E-state index in [9.17, 15) is 19.7 Å². The van der Waals surface area contributed by atoms with Gasteiger partial charge in [0.2, 0.25) is 0 Å². The smallest absolute Gasteiger partial charge is 0.338 e. The van der Waals surface area contributed by atoms with Crippen LogP contribution in [-0.2, 0) is 9.53 Å². The van der Waals surface area contributed by atoms with E-state index in [1.54, 1.807) is 6.07 Å². The minimum absolute atomic E-state index is 0.0924. The second-order valence-corrected chi connectivity index (χ2v) is 5.81. The van der Waals surface area contributed by atoms with Gasteiger partial charge in [-0.25, -0.2) is 4.79 Å². The molecule has 2 rings (SSSR count). The number of benzene rings is 2. The van der Waals surface area contributed by atoms with Crippen molar-refractivity contribution in [2.45, 2.75) is 13.0 Å². The van der Waals surface area contributed by atoms with Gasteiger partial charge >= 0.3 is 5.97 Å². The molecule has 0 saturated carbocycles. The number of hydrogen-bond acceptors (Lipinski definition) is 5. The summed E-state index contributed by atoms with van der Waals surface area (Å²) in [6.45, 7) is 1.39. The summed E-state index contributed by atoms with van der Waals surface area (Å²) in [5.41, 5.74) is 0.267. The molecule has 130 valence electrons. The molecule has 2 aromatic rings. The van der Waals surface area contributed by atoms with Crippen LogP contribution in [0.4, 0.5) is 11.4 Å². The standard InChI is InChI=1S/C16H12Cl2N2O5/c1-9(15(21)19-14-7-4-11(17)8-13(14)18)25-16(22)10-2-5-12(6-3-10)20(23)24/h2-9H,1H3,(H,19,21)/t9-/m0/s1. The minimum atomic E-state index is -1.10. The predicted molar refractivity (Wildman–Crippen MR) is 93.1 cm³/mol. The lowest BCUT2D eigenvalue weighted by atomic mass is 10.2. The SMILES string of the molecule is C[C@H](OC(=O)c1ccc([N+](=O)[O-])cc1)C(=O)Nc1ccc(Cl)cc1Cl. The summed E-state index contributed by atoms with van der Waals surface area (Å²) < 4.78 is 5.04. The first kappa shape index (κ1) is 18.7. The molecule has 1 amide bonds. The molecule has 7 nitrogen and oxygen atoms in total. The summed E-state index contributed by atoms with van der Waals surface area (Å²) in [6, 6.07) is 9.39. The molecule has 2 aromatic carbocycles. The monoisotopic (exact) mass is 382 g/mol. The van der Waals surface area contributed by atoms with E-state index < -0.39 is 22.9 Å². The number of rotatable bonds is 5. The Labute approximate surface area is 152 Å². The van der Waals surface area contributed by atoms with Crippen LogP contribution in [0.3, 0.4) is 0 Å². The highest BCUT2D eigenvalue weighted by Crippen LogP contribution is 2.25. The van der Waals surface area contributed by atoms with E-state index in [1.165, 1.54) is 43.3 Å². The van der Waals surface area contributed by atoms with Gasteiger partial charge in [0.15, 0.2) is 6.10 Å². The van der Waals surface area contributed by atoms with Crippen LogP contribution in [0.1, 0.15) is 17.3 Å². The number of carbonyl (C=O) groups is 2. The summed E-state index contributed by atoms with van der Waals surface area (Å²) in [5.74, 6) is -1.36. The molecule has 1 N–H and O–H groups in total. The van der Waals surface area contributed by atoms with E-state index in [0.29, 0.717) is 10.7 Å². The van der Waals surface area contributed by atoms with Crippen LogP contribution in [0.25, 0.3) is 0 Å². The molecule has 0 aliphatic carbocycles. The molecular weight excluding hydrogens is 371 g/mol. The normalized spacial score (nSPS) is 11.5. The van der Waals surface area contributed by atoms with Gasteiger partial charge in [-0.1, -0.05) is 23.2 Å². The Hall–Kier alpha value is -2.64. The fraction of sp³-hybridized carbons (Fsp3) is 0.125. The first-order chi connectivity index (χ1) is 11.8. The van der Waals surface area contributed by atoms with Crippen LogP contribution in [0.5, 0.6) is 0 Å². The zero-order chi connectivity index (χ0) is 18.6. The van der Waals surface area contributed by atoms with Crippen LogP contribution in [0, 0.1) is 10.1 Å². The predicted octanol–water partition coefficient (Wildman–Crippen LogP) is 4.09. The van der Waals surface area contributed by atoms with Gasteiger partial charge < -0.3 is 10.1 Å². The topological polar surface area (TPSA) is 98.5 Å². The Bertz CT molecular complexity index is 824. The average molecular weight is 383 g/mol. The second-order valence-electron chi connectivity index (χ2n) is 4.96. The van der Waals surface area contributed by atoms with E-state index >= 15 is 0 Å². The average Bonchev–Trinajstić information content (AvgIpc) is 2.57. The number of ether oxygens (including phenoxy) is 1. The van der Waals surface area contributed by atoms with Gasteiger partial charge in [0.1, 0.15) is 0 Å². The van der Waals surface area contributed by atoms with Crippen LogP contribution in [0.15, 0.2) is 42.5 Å². The van der Waals surface area contributed by atoms with Gasteiger partial charge in [-0.15, -0.1) is 0 Å². The van der Waals surface area contributed by atoms with E-state index in [4.69, 9.17) is 27.9 Å². The summed E-state index contributed by atoms with van der Waals surface area (Å²) >= 11 is 11.7. The van der Waals surface area contributed by atoms with Gasteiger partial charge in [-0.3, -0.25) is 14.9 Å². The van der Waals surface area contributed by atoms with Crippen molar-refractivity contribution in [1.82, 2.24) is 0 Å². The lowest BCUT2D eigenvalue weighted by Gasteiger charge is -2.14. The molecule has 0 spiro atoms. The minimum Gasteiger partial charge on any atom is -0.449 e. The number of nitro benzene ring substituents is 1. The first-order valence-electron chi connectivity index (χ1n) is 6.99. The Balaban J connectivity index is 2.00. The molecular formula is C16H12Cl2N2O5. The van der Waals surface area contributed by atoms with Gasteiger partial charge in [-0.2, -0.15) is 0 Å². The third kappa shape index (κ3) is 4.91. The third-order valence-electron chi connectivity index (χ3n) is 3.16. The summed E-state index contributed by atoms with van der Waals surface area (Å²) in [7, 11) is 0. The maximum atomic E-state index is 12.1. The van der Waals surface area contributed by atoms with Crippen LogP contribution in [0.2, 0.25) is 10.0 Å². The number of amides is 1. The van der Waals surface area contributed by atoms with Crippen molar-refractivity contribution in [3.63, 3.8) is 0 Å². The van der Waals surface area contributed by atoms with Crippen molar-refractivity contribution in [2.24, 2.45) is 0 Å². The van der Waals surface area contributed by atoms with Crippen molar-refractivity contribution in [3.8, 4) is 0 Å². The largest absolute Gasteiger partial charge is 0.449 e. The molecule has 25 heavy (non-hydrogen) atoms. The molecule has 0 bridgehead atoms. The Morgan fingerprint density at radius 3 is 2.36 bits per heavy atom. The maximum absolute atomic E-state index is 12.1. The molecule has 1 atom stereocenters. The zero-order valence-electron chi connectivity index (χ0n) is 12.9. The molecule has 0 aliphatic rings. The van der Waals surface area contributed by atoms with E-state index in [1.807, 2.05) is 0 Å². The highest BCUT2D eigenvalue weighted by atomic mass is 35.5. The quantitative estimate of drug-likeness (QED) is 0.477. The van der Waals surface area contributed by atoms with E-state index in [0.717, 1.165) is 0 Å². The molecule has 0 saturated heterocycles. The fourth-order valence-electron chi connectivity index (χ4n) is 1.83. The highest BCUT2D eigenvalue weighted by molar-refractivity contribution is 6.36. The number of halogens is 2. The summed E-state index contributed by atoms with van der Waals surface area (Å²) in [5, 5.41) is 13.8. The number of hydrogen-bond donors (Lipinski definition) is 1.